The Bertz CT molecular complexity index is 330. The molecule has 1 heterocycles. The molecule has 5 heteroatoms. The molecule has 1 fully saturated rings. The molecule has 0 radical (unpaired) electrons. The summed E-state index contributed by atoms with van der Waals surface area (Å²) in [5.41, 5.74) is 0.399. The molecule has 0 spiro atoms. The number of hydrogen-bond donors (Lipinski definition) is 2. The van der Waals surface area contributed by atoms with Crippen LogP contribution < -0.4 is 10.6 Å². The van der Waals surface area contributed by atoms with Gasteiger partial charge in [0.05, 0.1) is 6.61 Å². The van der Waals surface area contributed by atoms with Crippen molar-refractivity contribution in [3.63, 3.8) is 0 Å². The van der Waals surface area contributed by atoms with E-state index in [1.54, 1.807) is 7.11 Å². The van der Waals surface area contributed by atoms with Crippen LogP contribution in [0.2, 0.25) is 0 Å². The SMILES string of the molecule is CCNC(=NCCCC(C)(C)C)NC1CCN(CCOC)CC1. The second kappa shape index (κ2) is 10.9. The van der Waals surface area contributed by atoms with Crippen molar-refractivity contribution in [2.75, 3.05) is 46.4 Å². The number of hydrogen-bond acceptors (Lipinski definition) is 3. The lowest BCUT2D eigenvalue weighted by atomic mass is 9.91. The molecule has 0 aliphatic carbocycles. The standard InChI is InChI=1S/C18H38N4O/c1-6-19-17(20-11-7-10-18(2,3)4)21-16-8-12-22(13-9-16)14-15-23-5/h16H,6-15H2,1-5H3,(H2,19,20,21). The molecule has 5 nitrogen and oxygen atoms in total. The quantitative estimate of drug-likeness (QED) is 0.409. The van der Waals surface area contributed by atoms with Gasteiger partial charge in [-0.05, 0) is 38.0 Å². The van der Waals surface area contributed by atoms with Crippen LogP contribution in [0, 0.1) is 5.41 Å². The molecule has 0 amide bonds. The number of guanidine groups is 1. The number of aliphatic imine (C=N–C) groups is 1. The summed E-state index contributed by atoms with van der Waals surface area (Å²) >= 11 is 0. The van der Waals surface area contributed by atoms with Gasteiger partial charge in [-0.15, -0.1) is 0 Å². The van der Waals surface area contributed by atoms with Gasteiger partial charge in [-0.3, -0.25) is 4.99 Å². The molecule has 1 saturated heterocycles. The summed E-state index contributed by atoms with van der Waals surface area (Å²) in [6.07, 6.45) is 4.72. The minimum Gasteiger partial charge on any atom is -0.383 e. The normalized spacial score (nSPS) is 18.2. The number of nitrogens with zero attached hydrogens (tertiary/aromatic N) is 2. The Kier molecular flexibility index (Phi) is 9.56. The Morgan fingerprint density at radius 1 is 1.26 bits per heavy atom. The predicted octanol–water partition coefficient (Wildman–Crippen LogP) is 2.48. The van der Waals surface area contributed by atoms with Crippen molar-refractivity contribution in [3.05, 3.63) is 0 Å². The van der Waals surface area contributed by atoms with E-state index in [1.165, 1.54) is 19.3 Å². The zero-order valence-electron chi connectivity index (χ0n) is 16.0. The second-order valence-corrected chi connectivity index (χ2v) is 7.68. The van der Waals surface area contributed by atoms with E-state index in [-0.39, 0.29) is 0 Å². The highest BCUT2D eigenvalue weighted by molar-refractivity contribution is 5.80. The molecule has 1 aliphatic heterocycles. The Hall–Kier alpha value is -0.810. The second-order valence-electron chi connectivity index (χ2n) is 7.68. The minimum absolute atomic E-state index is 0.399. The summed E-state index contributed by atoms with van der Waals surface area (Å²) in [6, 6.07) is 0.536. The fourth-order valence-electron chi connectivity index (χ4n) is 2.83. The van der Waals surface area contributed by atoms with Crippen LogP contribution in [0.15, 0.2) is 4.99 Å². The predicted molar refractivity (Wildman–Crippen MR) is 99.1 cm³/mol. The highest BCUT2D eigenvalue weighted by atomic mass is 16.5. The van der Waals surface area contributed by atoms with Gasteiger partial charge in [-0.1, -0.05) is 20.8 Å². The molecule has 0 atom stereocenters. The molecule has 0 aromatic heterocycles. The van der Waals surface area contributed by atoms with Gasteiger partial charge >= 0.3 is 0 Å². The van der Waals surface area contributed by atoms with E-state index < -0.39 is 0 Å². The van der Waals surface area contributed by atoms with E-state index in [9.17, 15) is 0 Å². The van der Waals surface area contributed by atoms with Crippen molar-refractivity contribution in [1.82, 2.24) is 15.5 Å². The van der Waals surface area contributed by atoms with Crippen LogP contribution in [-0.4, -0.2) is 63.3 Å². The van der Waals surface area contributed by atoms with Crippen LogP contribution in [0.4, 0.5) is 0 Å². The van der Waals surface area contributed by atoms with Crippen LogP contribution in [0.5, 0.6) is 0 Å². The van der Waals surface area contributed by atoms with Gasteiger partial charge in [0.1, 0.15) is 0 Å². The molecular weight excluding hydrogens is 288 g/mol. The van der Waals surface area contributed by atoms with Crippen molar-refractivity contribution < 1.29 is 4.74 Å². The summed E-state index contributed by atoms with van der Waals surface area (Å²) in [6.45, 7) is 15.0. The van der Waals surface area contributed by atoms with E-state index in [0.717, 1.165) is 51.7 Å². The third-order valence-corrected chi connectivity index (χ3v) is 4.24. The molecule has 0 aromatic rings. The van der Waals surface area contributed by atoms with Crippen LogP contribution in [0.25, 0.3) is 0 Å². The van der Waals surface area contributed by atoms with Gasteiger partial charge in [0.15, 0.2) is 5.96 Å². The number of nitrogens with one attached hydrogen (secondary N) is 2. The molecule has 136 valence electrons. The van der Waals surface area contributed by atoms with E-state index in [0.29, 0.717) is 11.5 Å². The molecule has 0 bridgehead atoms. The van der Waals surface area contributed by atoms with Gasteiger partial charge in [-0.25, -0.2) is 0 Å². The average molecular weight is 327 g/mol. The topological polar surface area (TPSA) is 48.9 Å². The number of ether oxygens (including phenoxy) is 1. The molecule has 0 aromatic carbocycles. The summed E-state index contributed by atoms with van der Waals surface area (Å²) in [7, 11) is 1.77. The highest BCUT2D eigenvalue weighted by Crippen LogP contribution is 2.20. The van der Waals surface area contributed by atoms with Crippen molar-refractivity contribution in [2.24, 2.45) is 10.4 Å². The minimum atomic E-state index is 0.399. The number of methoxy groups -OCH3 is 1. The lowest BCUT2D eigenvalue weighted by Gasteiger charge is -2.32. The van der Waals surface area contributed by atoms with Gasteiger partial charge < -0.3 is 20.3 Å². The Labute approximate surface area is 143 Å². The first kappa shape index (κ1) is 20.2. The Morgan fingerprint density at radius 3 is 2.52 bits per heavy atom. The van der Waals surface area contributed by atoms with Gasteiger partial charge in [0.25, 0.3) is 0 Å². The van der Waals surface area contributed by atoms with Crippen molar-refractivity contribution in [1.29, 1.82) is 0 Å². The van der Waals surface area contributed by atoms with E-state index in [4.69, 9.17) is 9.73 Å². The fourth-order valence-corrected chi connectivity index (χ4v) is 2.83. The van der Waals surface area contributed by atoms with Gasteiger partial charge in [0, 0.05) is 45.9 Å². The number of rotatable bonds is 8. The van der Waals surface area contributed by atoms with E-state index >= 15 is 0 Å². The van der Waals surface area contributed by atoms with Crippen molar-refractivity contribution in [2.45, 2.75) is 59.4 Å². The fraction of sp³-hybridized carbons (Fsp3) is 0.944. The lowest BCUT2D eigenvalue weighted by Crippen LogP contribution is -2.49. The number of likely N-dealkylation sites (tertiary alicyclic amines) is 1. The first-order valence-electron chi connectivity index (χ1n) is 9.20. The molecular formula is C18H38N4O. The van der Waals surface area contributed by atoms with Crippen molar-refractivity contribution >= 4 is 5.96 Å². The average Bonchev–Trinajstić information content (AvgIpc) is 2.50. The summed E-state index contributed by atoms with van der Waals surface area (Å²) in [4.78, 5) is 7.22. The van der Waals surface area contributed by atoms with Crippen LogP contribution >= 0.6 is 0 Å². The third kappa shape index (κ3) is 9.82. The van der Waals surface area contributed by atoms with Gasteiger partial charge in [-0.2, -0.15) is 0 Å². The molecule has 0 unspecified atom stereocenters. The largest absolute Gasteiger partial charge is 0.383 e. The molecule has 0 saturated carbocycles. The summed E-state index contributed by atoms with van der Waals surface area (Å²) in [5.74, 6) is 0.983. The zero-order valence-corrected chi connectivity index (χ0v) is 16.0. The van der Waals surface area contributed by atoms with Crippen LogP contribution in [0.1, 0.15) is 53.4 Å². The monoisotopic (exact) mass is 326 g/mol. The first-order chi connectivity index (χ1) is 10.9. The van der Waals surface area contributed by atoms with Crippen LogP contribution in [-0.2, 0) is 4.74 Å². The maximum absolute atomic E-state index is 5.16. The van der Waals surface area contributed by atoms with Crippen molar-refractivity contribution in [3.8, 4) is 0 Å². The third-order valence-electron chi connectivity index (χ3n) is 4.24. The molecule has 2 N–H and O–H groups in total. The summed E-state index contributed by atoms with van der Waals surface area (Å²) in [5, 5.41) is 6.99. The smallest absolute Gasteiger partial charge is 0.191 e. The first-order valence-corrected chi connectivity index (χ1v) is 9.20. The molecule has 1 rings (SSSR count). The molecule has 23 heavy (non-hydrogen) atoms. The highest BCUT2D eigenvalue weighted by Gasteiger charge is 2.19. The van der Waals surface area contributed by atoms with Crippen LogP contribution in [0.3, 0.4) is 0 Å². The molecule has 1 aliphatic rings. The van der Waals surface area contributed by atoms with E-state index in [2.05, 4.69) is 43.2 Å². The van der Waals surface area contributed by atoms with E-state index in [1.807, 2.05) is 0 Å². The zero-order chi connectivity index (χ0) is 17.1. The lowest BCUT2D eigenvalue weighted by molar-refractivity contribution is 0.128. The Balaban J connectivity index is 2.32. The van der Waals surface area contributed by atoms with Gasteiger partial charge in [0.2, 0.25) is 0 Å². The number of piperidine rings is 1. The Morgan fingerprint density at radius 2 is 1.96 bits per heavy atom. The maximum Gasteiger partial charge on any atom is 0.191 e. The summed E-state index contributed by atoms with van der Waals surface area (Å²) < 4.78 is 5.16. The maximum atomic E-state index is 5.16.